The number of carbonyl (C=O) groups excluding carboxylic acids is 1. The lowest BCUT2D eigenvalue weighted by Crippen LogP contribution is -2.41. The highest BCUT2D eigenvalue weighted by atomic mass is 35.5. The van der Waals surface area contributed by atoms with Crippen molar-refractivity contribution in [2.45, 2.75) is 18.9 Å². The Kier molecular flexibility index (Phi) is 7.26. The van der Waals surface area contributed by atoms with Gasteiger partial charge in [0.25, 0.3) is 5.91 Å². The SMILES string of the molecule is O=C(NC(CCc1ccccc1)C(=O)O)c1ccc(Cl)c(C#Cc2ccccc2)c1. The van der Waals surface area contributed by atoms with Crippen molar-refractivity contribution in [1.29, 1.82) is 0 Å². The Bertz CT molecular complexity index is 1090. The molecule has 0 radical (unpaired) electrons. The first kappa shape index (κ1) is 21.2. The fourth-order valence-electron chi connectivity index (χ4n) is 2.88. The Labute approximate surface area is 180 Å². The number of hydrogen-bond acceptors (Lipinski definition) is 2. The van der Waals surface area contributed by atoms with E-state index in [0.29, 0.717) is 29.0 Å². The monoisotopic (exact) mass is 417 g/mol. The van der Waals surface area contributed by atoms with Crippen LogP contribution < -0.4 is 5.32 Å². The van der Waals surface area contributed by atoms with E-state index in [2.05, 4.69) is 17.2 Å². The van der Waals surface area contributed by atoms with Gasteiger partial charge >= 0.3 is 5.97 Å². The van der Waals surface area contributed by atoms with E-state index in [9.17, 15) is 14.7 Å². The van der Waals surface area contributed by atoms with E-state index >= 15 is 0 Å². The van der Waals surface area contributed by atoms with Crippen LogP contribution in [0.25, 0.3) is 0 Å². The predicted octanol–water partition coefficient (Wildman–Crippen LogP) is 4.56. The zero-order valence-corrected chi connectivity index (χ0v) is 16.9. The summed E-state index contributed by atoms with van der Waals surface area (Å²) in [4.78, 5) is 24.3. The minimum atomic E-state index is -1.07. The Balaban J connectivity index is 1.72. The van der Waals surface area contributed by atoms with Crippen molar-refractivity contribution < 1.29 is 14.7 Å². The third-order valence-electron chi connectivity index (χ3n) is 4.51. The second kappa shape index (κ2) is 10.3. The van der Waals surface area contributed by atoms with E-state index in [1.807, 2.05) is 60.7 Å². The molecule has 0 spiro atoms. The minimum absolute atomic E-state index is 0.291. The van der Waals surface area contributed by atoms with Gasteiger partial charge in [-0.15, -0.1) is 0 Å². The molecule has 1 amide bonds. The number of carbonyl (C=O) groups is 2. The molecular formula is C25H20ClNO3. The quantitative estimate of drug-likeness (QED) is 0.578. The van der Waals surface area contributed by atoms with E-state index in [0.717, 1.165) is 11.1 Å². The topological polar surface area (TPSA) is 66.4 Å². The van der Waals surface area contributed by atoms with Crippen LogP contribution in [0.15, 0.2) is 78.9 Å². The third kappa shape index (κ3) is 5.97. The van der Waals surface area contributed by atoms with Gasteiger partial charge in [-0.2, -0.15) is 0 Å². The van der Waals surface area contributed by atoms with Crippen LogP contribution in [0.4, 0.5) is 0 Å². The average Bonchev–Trinajstić information content (AvgIpc) is 2.77. The molecule has 150 valence electrons. The largest absolute Gasteiger partial charge is 0.480 e. The smallest absolute Gasteiger partial charge is 0.326 e. The lowest BCUT2D eigenvalue weighted by molar-refractivity contribution is -0.139. The molecule has 0 fully saturated rings. The standard InChI is InChI=1S/C25H20ClNO3/c26-22-15-14-21(17-20(22)13-11-18-7-3-1-4-8-18)24(28)27-23(25(29)30)16-12-19-9-5-2-6-10-19/h1-10,14-15,17,23H,12,16H2,(H,27,28)(H,29,30). The first-order valence-electron chi connectivity index (χ1n) is 9.47. The second-order valence-electron chi connectivity index (χ2n) is 6.70. The van der Waals surface area contributed by atoms with Gasteiger partial charge < -0.3 is 10.4 Å². The molecule has 0 bridgehead atoms. The molecule has 0 aliphatic heterocycles. The maximum atomic E-state index is 12.6. The molecule has 30 heavy (non-hydrogen) atoms. The fourth-order valence-corrected chi connectivity index (χ4v) is 3.04. The number of benzene rings is 3. The Morgan fingerprint density at radius 2 is 1.60 bits per heavy atom. The van der Waals surface area contributed by atoms with E-state index in [-0.39, 0.29) is 0 Å². The number of nitrogens with one attached hydrogen (secondary N) is 1. The number of carboxylic acids is 1. The highest BCUT2D eigenvalue weighted by Gasteiger charge is 2.21. The van der Waals surface area contributed by atoms with Crippen LogP contribution in [0, 0.1) is 11.8 Å². The molecule has 0 saturated carbocycles. The highest BCUT2D eigenvalue weighted by molar-refractivity contribution is 6.31. The van der Waals surface area contributed by atoms with E-state index in [1.165, 1.54) is 0 Å². The zero-order valence-electron chi connectivity index (χ0n) is 16.1. The number of halogens is 1. The first-order valence-corrected chi connectivity index (χ1v) is 9.85. The number of amides is 1. The van der Waals surface area contributed by atoms with E-state index in [1.54, 1.807) is 18.2 Å². The van der Waals surface area contributed by atoms with Crippen LogP contribution in [-0.2, 0) is 11.2 Å². The molecule has 0 aromatic heterocycles. The lowest BCUT2D eigenvalue weighted by atomic mass is 10.0. The Morgan fingerprint density at radius 3 is 2.27 bits per heavy atom. The summed E-state index contributed by atoms with van der Waals surface area (Å²) in [6, 6.07) is 22.7. The maximum Gasteiger partial charge on any atom is 0.326 e. The predicted molar refractivity (Wildman–Crippen MR) is 118 cm³/mol. The summed E-state index contributed by atoms with van der Waals surface area (Å²) in [5, 5.41) is 12.5. The van der Waals surface area contributed by atoms with E-state index < -0.39 is 17.9 Å². The van der Waals surface area contributed by atoms with Crippen molar-refractivity contribution in [3.63, 3.8) is 0 Å². The van der Waals surface area contributed by atoms with Gasteiger partial charge in [0.2, 0.25) is 0 Å². The van der Waals surface area contributed by atoms with Gasteiger partial charge in [-0.3, -0.25) is 4.79 Å². The summed E-state index contributed by atoms with van der Waals surface area (Å²) >= 11 is 6.21. The van der Waals surface area contributed by atoms with E-state index in [4.69, 9.17) is 11.6 Å². The first-order chi connectivity index (χ1) is 14.5. The molecule has 3 aromatic carbocycles. The van der Waals surface area contributed by atoms with Gasteiger partial charge in [-0.25, -0.2) is 4.79 Å². The molecule has 3 rings (SSSR count). The van der Waals surface area contributed by atoms with Crippen LogP contribution in [-0.4, -0.2) is 23.0 Å². The molecule has 0 aliphatic carbocycles. The van der Waals surface area contributed by atoms with Crippen LogP contribution >= 0.6 is 11.6 Å². The van der Waals surface area contributed by atoms with Gasteiger partial charge in [0, 0.05) is 16.7 Å². The molecular weight excluding hydrogens is 398 g/mol. The lowest BCUT2D eigenvalue weighted by Gasteiger charge is -2.15. The third-order valence-corrected chi connectivity index (χ3v) is 4.84. The number of hydrogen-bond donors (Lipinski definition) is 2. The molecule has 3 aromatic rings. The summed E-state index contributed by atoms with van der Waals surface area (Å²) in [5.74, 6) is 4.43. The van der Waals surface area contributed by atoms with Crippen LogP contribution in [0.1, 0.15) is 33.5 Å². The van der Waals surface area contributed by atoms with Gasteiger partial charge in [0.15, 0.2) is 0 Å². The summed E-state index contributed by atoms with van der Waals surface area (Å²) in [7, 11) is 0. The average molecular weight is 418 g/mol. The summed E-state index contributed by atoms with van der Waals surface area (Å²) < 4.78 is 0. The number of carboxylic acid groups (broad SMARTS) is 1. The molecule has 0 saturated heterocycles. The maximum absolute atomic E-state index is 12.6. The minimum Gasteiger partial charge on any atom is -0.480 e. The summed E-state index contributed by atoms with van der Waals surface area (Å²) in [6.45, 7) is 0. The molecule has 1 atom stereocenters. The van der Waals surface area contributed by atoms with Gasteiger partial charge in [-0.1, -0.05) is 72.0 Å². The fraction of sp³-hybridized carbons (Fsp3) is 0.120. The van der Waals surface area contributed by atoms with Crippen molar-refractivity contribution in [3.05, 3.63) is 106 Å². The second-order valence-corrected chi connectivity index (χ2v) is 7.11. The Morgan fingerprint density at radius 1 is 0.933 bits per heavy atom. The molecule has 2 N–H and O–H groups in total. The van der Waals surface area contributed by atoms with Crippen molar-refractivity contribution in [3.8, 4) is 11.8 Å². The number of aryl methyl sites for hydroxylation is 1. The highest BCUT2D eigenvalue weighted by Crippen LogP contribution is 2.17. The molecule has 4 nitrogen and oxygen atoms in total. The molecule has 5 heteroatoms. The Hall–Kier alpha value is -3.55. The van der Waals surface area contributed by atoms with Gasteiger partial charge in [0.1, 0.15) is 6.04 Å². The molecule has 1 unspecified atom stereocenters. The van der Waals surface area contributed by atoms with Gasteiger partial charge in [-0.05, 0) is 48.7 Å². The van der Waals surface area contributed by atoms with Crippen molar-refractivity contribution in [1.82, 2.24) is 5.32 Å². The van der Waals surface area contributed by atoms with Crippen LogP contribution in [0.3, 0.4) is 0 Å². The van der Waals surface area contributed by atoms with Gasteiger partial charge in [0.05, 0.1) is 5.02 Å². The van der Waals surface area contributed by atoms with Crippen molar-refractivity contribution >= 4 is 23.5 Å². The molecule has 0 heterocycles. The van der Waals surface area contributed by atoms with Crippen LogP contribution in [0.2, 0.25) is 5.02 Å². The van der Waals surface area contributed by atoms with Crippen molar-refractivity contribution in [2.75, 3.05) is 0 Å². The summed E-state index contributed by atoms with van der Waals surface area (Å²) in [5.41, 5.74) is 2.66. The molecule has 0 aliphatic rings. The van der Waals surface area contributed by atoms with Crippen LogP contribution in [0.5, 0.6) is 0 Å². The number of rotatable bonds is 6. The van der Waals surface area contributed by atoms with Crippen molar-refractivity contribution in [2.24, 2.45) is 0 Å². The zero-order chi connectivity index (χ0) is 21.3. The normalized spacial score (nSPS) is 11.1. The number of aliphatic carboxylic acids is 1. The summed E-state index contributed by atoms with van der Waals surface area (Å²) in [6.07, 6.45) is 0.839.